The fourth-order valence-electron chi connectivity index (χ4n) is 2.20. The first-order valence-corrected chi connectivity index (χ1v) is 6.56. The molecular formula is C12H23N3O4. The number of amides is 2. The summed E-state index contributed by atoms with van der Waals surface area (Å²) in [6.07, 6.45) is 2.20. The average molecular weight is 273 g/mol. The number of carbonyl (C=O) groups is 2. The van der Waals surface area contributed by atoms with Crippen LogP contribution in [0.3, 0.4) is 0 Å². The van der Waals surface area contributed by atoms with Gasteiger partial charge in [0.2, 0.25) is 0 Å². The van der Waals surface area contributed by atoms with E-state index >= 15 is 0 Å². The third-order valence-electron chi connectivity index (χ3n) is 3.17. The number of carboxylic acids is 1. The highest BCUT2D eigenvalue weighted by molar-refractivity contribution is 5.79. The van der Waals surface area contributed by atoms with Crippen molar-refractivity contribution in [2.24, 2.45) is 5.92 Å². The molecule has 2 amide bonds. The van der Waals surface area contributed by atoms with Gasteiger partial charge in [-0.25, -0.2) is 4.79 Å². The maximum absolute atomic E-state index is 11.3. The fourth-order valence-corrected chi connectivity index (χ4v) is 2.20. The Bertz CT molecular complexity index is 299. The second-order valence-electron chi connectivity index (χ2n) is 4.76. The standard InChI is InChI=1S/C12H23N3O4/c1-19-6-5-15-4-2-3-10(9-15)7-13-12(18)14-8-11(16)17/h10H,2-9H2,1H3,(H,16,17)(H2,13,14,18). The summed E-state index contributed by atoms with van der Waals surface area (Å²) in [7, 11) is 1.69. The van der Waals surface area contributed by atoms with Gasteiger partial charge >= 0.3 is 12.0 Å². The van der Waals surface area contributed by atoms with E-state index < -0.39 is 12.0 Å². The summed E-state index contributed by atoms with van der Waals surface area (Å²) in [6.45, 7) is 3.89. The number of urea groups is 1. The van der Waals surface area contributed by atoms with E-state index in [-0.39, 0.29) is 6.54 Å². The van der Waals surface area contributed by atoms with E-state index in [1.54, 1.807) is 7.11 Å². The molecule has 1 rings (SSSR count). The fraction of sp³-hybridized carbons (Fsp3) is 0.833. The van der Waals surface area contributed by atoms with Crippen molar-refractivity contribution in [3.8, 4) is 0 Å². The summed E-state index contributed by atoms with van der Waals surface area (Å²) in [5.41, 5.74) is 0. The molecule has 0 spiro atoms. The highest BCUT2D eigenvalue weighted by Crippen LogP contribution is 2.15. The number of aliphatic carboxylic acids is 1. The van der Waals surface area contributed by atoms with Crippen molar-refractivity contribution in [3.63, 3.8) is 0 Å². The van der Waals surface area contributed by atoms with E-state index in [4.69, 9.17) is 9.84 Å². The quantitative estimate of drug-likeness (QED) is 0.594. The molecule has 1 saturated heterocycles. The molecule has 1 heterocycles. The molecule has 1 aliphatic heterocycles. The van der Waals surface area contributed by atoms with Gasteiger partial charge in [0, 0.05) is 26.7 Å². The molecule has 110 valence electrons. The van der Waals surface area contributed by atoms with Gasteiger partial charge in [0.1, 0.15) is 6.54 Å². The van der Waals surface area contributed by atoms with Crippen LogP contribution in [0, 0.1) is 5.92 Å². The molecule has 1 fully saturated rings. The van der Waals surface area contributed by atoms with Crippen LogP contribution in [0.5, 0.6) is 0 Å². The van der Waals surface area contributed by atoms with Gasteiger partial charge in [0.05, 0.1) is 6.61 Å². The molecule has 1 atom stereocenters. The lowest BCUT2D eigenvalue weighted by Crippen LogP contribution is -2.45. The maximum Gasteiger partial charge on any atom is 0.323 e. The van der Waals surface area contributed by atoms with Crippen molar-refractivity contribution in [1.29, 1.82) is 0 Å². The molecule has 7 nitrogen and oxygen atoms in total. The van der Waals surface area contributed by atoms with E-state index in [9.17, 15) is 9.59 Å². The average Bonchev–Trinajstić information content (AvgIpc) is 2.41. The normalized spacial score (nSPS) is 19.9. The predicted octanol–water partition coefficient (Wildman–Crippen LogP) is -0.271. The monoisotopic (exact) mass is 273 g/mol. The number of rotatable bonds is 7. The summed E-state index contributed by atoms with van der Waals surface area (Å²) in [6, 6.07) is -0.420. The van der Waals surface area contributed by atoms with Crippen LogP contribution in [0.25, 0.3) is 0 Å². The van der Waals surface area contributed by atoms with Gasteiger partial charge in [0.15, 0.2) is 0 Å². The summed E-state index contributed by atoms with van der Waals surface area (Å²) >= 11 is 0. The molecule has 7 heteroatoms. The van der Waals surface area contributed by atoms with Crippen molar-refractivity contribution >= 4 is 12.0 Å². The molecule has 0 bridgehead atoms. The van der Waals surface area contributed by atoms with Gasteiger partial charge in [-0.3, -0.25) is 4.79 Å². The summed E-state index contributed by atoms with van der Waals surface area (Å²) in [5.74, 6) is -0.625. The van der Waals surface area contributed by atoms with Crippen molar-refractivity contribution in [3.05, 3.63) is 0 Å². The number of methoxy groups -OCH3 is 1. The van der Waals surface area contributed by atoms with Crippen LogP contribution < -0.4 is 10.6 Å². The molecule has 1 aliphatic rings. The molecular weight excluding hydrogens is 250 g/mol. The van der Waals surface area contributed by atoms with E-state index in [0.29, 0.717) is 12.5 Å². The third-order valence-corrected chi connectivity index (χ3v) is 3.17. The molecule has 19 heavy (non-hydrogen) atoms. The summed E-state index contributed by atoms with van der Waals surface area (Å²) in [5, 5.41) is 13.4. The highest BCUT2D eigenvalue weighted by atomic mass is 16.5. The first-order chi connectivity index (χ1) is 9.11. The zero-order chi connectivity index (χ0) is 14.1. The Labute approximate surface area is 113 Å². The number of hydrogen-bond donors (Lipinski definition) is 3. The Morgan fingerprint density at radius 2 is 2.21 bits per heavy atom. The Morgan fingerprint density at radius 1 is 1.42 bits per heavy atom. The molecule has 0 aromatic rings. The number of piperidine rings is 1. The molecule has 3 N–H and O–H groups in total. The van der Waals surface area contributed by atoms with E-state index in [2.05, 4.69) is 15.5 Å². The number of carbonyl (C=O) groups excluding carboxylic acids is 1. The summed E-state index contributed by atoms with van der Waals surface area (Å²) in [4.78, 5) is 23.9. The van der Waals surface area contributed by atoms with Gasteiger partial charge in [-0.15, -0.1) is 0 Å². The number of nitrogens with zero attached hydrogens (tertiary/aromatic N) is 1. The Balaban J connectivity index is 2.17. The molecule has 0 radical (unpaired) electrons. The van der Waals surface area contributed by atoms with Crippen molar-refractivity contribution in [2.75, 3.05) is 46.4 Å². The molecule has 0 saturated carbocycles. The van der Waals surface area contributed by atoms with Crippen molar-refractivity contribution in [2.45, 2.75) is 12.8 Å². The van der Waals surface area contributed by atoms with Crippen LogP contribution in [0.4, 0.5) is 4.79 Å². The van der Waals surface area contributed by atoms with Crippen molar-refractivity contribution < 1.29 is 19.4 Å². The maximum atomic E-state index is 11.3. The Hall–Kier alpha value is -1.34. The SMILES string of the molecule is COCCN1CCCC(CNC(=O)NCC(=O)O)C1. The highest BCUT2D eigenvalue weighted by Gasteiger charge is 2.19. The largest absolute Gasteiger partial charge is 0.480 e. The van der Waals surface area contributed by atoms with Crippen LogP contribution in [-0.4, -0.2) is 68.4 Å². The minimum absolute atomic E-state index is 0.351. The second-order valence-corrected chi connectivity index (χ2v) is 4.76. The first kappa shape index (κ1) is 15.7. The van der Waals surface area contributed by atoms with E-state index in [1.165, 1.54) is 0 Å². The third kappa shape index (κ3) is 6.97. The van der Waals surface area contributed by atoms with Crippen LogP contribution in [-0.2, 0) is 9.53 Å². The smallest absolute Gasteiger partial charge is 0.323 e. The lowest BCUT2D eigenvalue weighted by atomic mass is 9.98. The van der Waals surface area contributed by atoms with E-state index in [0.717, 1.165) is 39.1 Å². The Morgan fingerprint density at radius 3 is 2.89 bits per heavy atom. The number of nitrogens with one attached hydrogen (secondary N) is 2. The number of hydrogen-bond acceptors (Lipinski definition) is 4. The second kappa shape index (κ2) is 8.71. The topological polar surface area (TPSA) is 90.9 Å². The minimum atomic E-state index is -1.04. The Kier molecular flexibility index (Phi) is 7.20. The van der Waals surface area contributed by atoms with Crippen LogP contribution in [0.2, 0.25) is 0 Å². The zero-order valence-corrected chi connectivity index (χ0v) is 11.4. The molecule has 1 unspecified atom stereocenters. The predicted molar refractivity (Wildman–Crippen MR) is 70.1 cm³/mol. The van der Waals surface area contributed by atoms with Gasteiger partial charge in [-0.05, 0) is 25.3 Å². The minimum Gasteiger partial charge on any atom is -0.480 e. The van der Waals surface area contributed by atoms with E-state index in [1.807, 2.05) is 0 Å². The van der Waals surface area contributed by atoms with Crippen LogP contribution in [0.15, 0.2) is 0 Å². The summed E-state index contributed by atoms with van der Waals surface area (Å²) < 4.78 is 5.06. The van der Waals surface area contributed by atoms with Gasteiger partial charge < -0.3 is 25.4 Å². The number of ether oxygens (including phenoxy) is 1. The molecule has 0 aromatic carbocycles. The first-order valence-electron chi connectivity index (χ1n) is 6.56. The lowest BCUT2D eigenvalue weighted by molar-refractivity contribution is -0.135. The number of likely N-dealkylation sites (tertiary alicyclic amines) is 1. The molecule has 0 aromatic heterocycles. The zero-order valence-electron chi connectivity index (χ0n) is 11.4. The lowest BCUT2D eigenvalue weighted by Gasteiger charge is -2.32. The van der Waals surface area contributed by atoms with Gasteiger partial charge in [0.25, 0.3) is 0 Å². The van der Waals surface area contributed by atoms with Crippen LogP contribution >= 0.6 is 0 Å². The van der Waals surface area contributed by atoms with Gasteiger partial charge in [-0.1, -0.05) is 0 Å². The van der Waals surface area contributed by atoms with Gasteiger partial charge in [-0.2, -0.15) is 0 Å². The number of carboxylic acid groups (broad SMARTS) is 1. The molecule has 0 aliphatic carbocycles. The van der Waals surface area contributed by atoms with Crippen LogP contribution in [0.1, 0.15) is 12.8 Å². The van der Waals surface area contributed by atoms with Crippen molar-refractivity contribution in [1.82, 2.24) is 15.5 Å².